The zero-order valence-corrected chi connectivity index (χ0v) is 14.6. The number of hydrogen-bond donors (Lipinski definition) is 2. The lowest BCUT2D eigenvalue weighted by Gasteiger charge is -2.17. The second-order valence-corrected chi connectivity index (χ2v) is 6.33. The highest BCUT2D eigenvalue weighted by atomic mass is 16.5. The normalized spacial score (nSPS) is 10.9. The van der Waals surface area contributed by atoms with Crippen LogP contribution in [-0.2, 0) is 4.79 Å². The van der Waals surface area contributed by atoms with Gasteiger partial charge in [-0.15, -0.1) is 0 Å². The number of rotatable bonds is 5. The van der Waals surface area contributed by atoms with Gasteiger partial charge in [-0.1, -0.05) is 20.8 Å². The van der Waals surface area contributed by atoms with E-state index in [9.17, 15) is 4.79 Å². The third kappa shape index (κ3) is 4.38. The highest BCUT2D eigenvalue weighted by Crippen LogP contribution is 2.31. The molecule has 0 aliphatic carbocycles. The molecule has 2 N–H and O–H groups in total. The molecule has 0 aliphatic rings. The number of methoxy groups -OCH3 is 2. The van der Waals surface area contributed by atoms with Gasteiger partial charge in [0.25, 0.3) is 0 Å². The van der Waals surface area contributed by atoms with Crippen molar-refractivity contribution in [2.45, 2.75) is 20.8 Å². The van der Waals surface area contributed by atoms with Crippen molar-refractivity contribution in [1.29, 1.82) is 0 Å². The zero-order valence-electron chi connectivity index (χ0n) is 14.6. The second-order valence-electron chi connectivity index (χ2n) is 6.33. The molecule has 1 amide bonds. The van der Waals surface area contributed by atoms with E-state index in [1.54, 1.807) is 26.5 Å². The predicted octanol–water partition coefficient (Wildman–Crippen LogP) is 3.83. The van der Waals surface area contributed by atoms with Crippen molar-refractivity contribution in [2.24, 2.45) is 5.41 Å². The number of anilines is 3. The molecule has 6 heteroatoms. The quantitative estimate of drug-likeness (QED) is 0.872. The van der Waals surface area contributed by atoms with Crippen LogP contribution in [0.3, 0.4) is 0 Å². The molecule has 1 aromatic heterocycles. The Balaban J connectivity index is 2.08. The van der Waals surface area contributed by atoms with Crippen LogP contribution in [0.2, 0.25) is 0 Å². The smallest absolute Gasteiger partial charge is 0.230 e. The van der Waals surface area contributed by atoms with Crippen LogP contribution < -0.4 is 20.1 Å². The molecule has 0 saturated heterocycles. The third-order valence-electron chi connectivity index (χ3n) is 3.36. The Morgan fingerprint density at radius 1 is 1.00 bits per heavy atom. The minimum atomic E-state index is -0.460. The molecule has 2 aromatic rings. The van der Waals surface area contributed by atoms with Crippen molar-refractivity contribution in [1.82, 2.24) is 4.98 Å². The number of nitrogens with zero attached hydrogens (tertiary/aromatic N) is 1. The first-order valence-electron chi connectivity index (χ1n) is 7.60. The molecule has 0 atom stereocenters. The van der Waals surface area contributed by atoms with Crippen LogP contribution in [0.15, 0.2) is 36.5 Å². The van der Waals surface area contributed by atoms with E-state index in [0.29, 0.717) is 17.3 Å². The lowest BCUT2D eigenvalue weighted by molar-refractivity contribution is -0.123. The predicted molar refractivity (Wildman–Crippen MR) is 95.2 cm³/mol. The maximum atomic E-state index is 11.9. The summed E-state index contributed by atoms with van der Waals surface area (Å²) in [6.07, 6.45) is 1.66. The SMILES string of the molecule is COc1ccc(Nc2ccc(NC(=O)C(C)(C)C)nc2)cc1OC. The van der Waals surface area contributed by atoms with Gasteiger partial charge >= 0.3 is 0 Å². The molecule has 0 fully saturated rings. The maximum absolute atomic E-state index is 11.9. The van der Waals surface area contributed by atoms with Crippen LogP contribution in [0.5, 0.6) is 11.5 Å². The minimum Gasteiger partial charge on any atom is -0.493 e. The maximum Gasteiger partial charge on any atom is 0.230 e. The number of benzene rings is 1. The van der Waals surface area contributed by atoms with Crippen molar-refractivity contribution in [3.05, 3.63) is 36.5 Å². The van der Waals surface area contributed by atoms with Crippen LogP contribution in [0.4, 0.5) is 17.2 Å². The third-order valence-corrected chi connectivity index (χ3v) is 3.36. The standard InChI is InChI=1S/C18H23N3O3/c1-18(2,3)17(22)21-16-9-7-13(11-19-16)20-12-6-8-14(23-4)15(10-12)24-5/h6-11,20H,1-5H3,(H,19,21,22). The summed E-state index contributed by atoms with van der Waals surface area (Å²) >= 11 is 0. The Hall–Kier alpha value is -2.76. The number of amides is 1. The first-order valence-corrected chi connectivity index (χ1v) is 7.60. The Bertz CT molecular complexity index is 706. The summed E-state index contributed by atoms with van der Waals surface area (Å²) in [6.45, 7) is 5.57. The molecule has 1 heterocycles. The van der Waals surface area contributed by atoms with Crippen LogP contribution in [0.25, 0.3) is 0 Å². The molecular formula is C18H23N3O3. The summed E-state index contributed by atoms with van der Waals surface area (Å²) < 4.78 is 10.5. The number of carbonyl (C=O) groups excluding carboxylic acids is 1. The van der Waals surface area contributed by atoms with Gasteiger partial charge < -0.3 is 20.1 Å². The summed E-state index contributed by atoms with van der Waals surface area (Å²) in [7, 11) is 3.19. The average molecular weight is 329 g/mol. The van der Waals surface area contributed by atoms with Crippen molar-refractivity contribution >= 4 is 23.1 Å². The first kappa shape index (κ1) is 17.6. The van der Waals surface area contributed by atoms with E-state index < -0.39 is 5.41 Å². The summed E-state index contributed by atoms with van der Waals surface area (Å²) in [5.41, 5.74) is 1.19. The van der Waals surface area contributed by atoms with Crippen molar-refractivity contribution in [2.75, 3.05) is 24.9 Å². The summed E-state index contributed by atoms with van der Waals surface area (Å²) in [5, 5.41) is 6.02. The van der Waals surface area contributed by atoms with Crippen LogP contribution in [0, 0.1) is 5.41 Å². The van der Waals surface area contributed by atoms with E-state index in [0.717, 1.165) is 11.4 Å². The highest BCUT2D eigenvalue weighted by molar-refractivity contribution is 5.93. The van der Waals surface area contributed by atoms with E-state index in [1.165, 1.54) is 0 Å². The fourth-order valence-corrected chi connectivity index (χ4v) is 1.93. The lowest BCUT2D eigenvalue weighted by atomic mass is 9.96. The van der Waals surface area contributed by atoms with Crippen LogP contribution in [0.1, 0.15) is 20.8 Å². The zero-order chi connectivity index (χ0) is 17.7. The number of pyridine rings is 1. The molecule has 24 heavy (non-hydrogen) atoms. The number of aromatic nitrogens is 1. The van der Waals surface area contributed by atoms with Gasteiger partial charge in [0.15, 0.2) is 11.5 Å². The molecule has 1 aromatic carbocycles. The first-order chi connectivity index (χ1) is 11.3. The fraction of sp³-hybridized carbons (Fsp3) is 0.333. The lowest BCUT2D eigenvalue weighted by Crippen LogP contribution is -2.27. The van der Waals surface area contributed by atoms with E-state index in [1.807, 2.05) is 45.0 Å². The number of carbonyl (C=O) groups is 1. The van der Waals surface area contributed by atoms with E-state index in [2.05, 4.69) is 15.6 Å². The number of hydrogen-bond acceptors (Lipinski definition) is 5. The molecule has 0 bridgehead atoms. The fourth-order valence-electron chi connectivity index (χ4n) is 1.93. The topological polar surface area (TPSA) is 72.5 Å². The van der Waals surface area contributed by atoms with Crippen molar-refractivity contribution in [3.63, 3.8) is 0 Å². The summed E-state index contributed by atoms with van der Waals surface area (Å²) in [4.78, 5) is 16.2. The minimum absolute atomic E-state index is 0.0735. The van der Waals surface area contributed by atoms with E-state index in [4.69, 9.17) is 9.47 Å². The summed E-state index contributed by atoms with van der Waals surface area (Å²) in [6, 6.07) is 9.16. The molecule has 0 saturated carbocycles. The second kappa shape index (κ2) is 7.21. The molecular weight excluding hydrogens is 306 g/mol. The van der Waals surface area contributed by atoms with E-state index in [-0.39, 0.29) is 5.91 Å². The van der Waals surface area contributed by atoms with Gasteiger partial charge in [-0.2, -0.15) is 0 Å². The Morgan fingerprint density at radius 3 is 2.21 bits per heavy atom. The van der Waals surface area contributed by atoms with Crippen LogP contribution >= 0.6 is 0 Å². The highest BCUT2D eigenvalue weighted by Gasteiger charge is 2.21. The Labute approximate surface area is 142 Å². The van der Waals surface area contributed by atoms with Crippen molar-refractivity contribution < 1.29 is 14.3 Å². The summed E-state index contributed by atoms with van der Waals surface area (Å²) in [5.74, 6) is 1.76. The monoisotopic (exact) mass is 329 g/mol. The number of nitrogens with one attached hydrogen (secondary N) is 2. The van der Waals surface area contributed by atoms with Gasteiger partial charge in [0.05, 0.1) is 26.1 Å². The van der Waals surface area contributed by atoms with Gasteiger partial charge in [0.1, 0.15) is 5.82 Å². The molecule has 0 aliphatic heterocycles. The molecule has 0 unspecified atom stereocenters. The van der Waals surface area contributed by atoms with Crippen molar-refractivity contribution in [3.8, 4) is 11.5 Å². The molecule has 0 radical (unpaired) electrons. The van der Waals surface area contributed by atoms with Gasteiger partial charge in [0, 0.05) is 17.2 Å². The van der Waals surface area contributed by atoms with Gasteiger partial charge in [-0.25, -0.2) is 4.98 Å². The van der Waals surface area contributed by atoms with E-state index >= 15 is 0 Å². The average Bonchev–Trinajstić information content (AvgIpc) is 2.55. The van der Waals surface area contributed by atoms with Crippen LogP contribution in [-0.4, -0.2) is 25.1 Å². The molecule has 128 valence electrons. The molecule has 6 nitrogen and oxygen atoms in total. The Morgan fingerprint density at radius 2 is 1.67 bits per heavy atom. The number of ether oxygens (including phenoxy) is 2. The van der Waals surface area contributed by atoms with Gasteiger partial charge in [-0.05, 0) is 24.3 Å². The molecule has 0 spiro atoms. The van der Waals surface area contributed by atoms with Gasteiger partial charge in [0.2, 0.25) is 5.91 Å². The Kier molecular flexibility index (Phi) is 5.28. The van der Waals surface area contributed by atoms with Gasteiger partial charge in [-0.3, -0.25) is 4.79 Å². The molecule has 2 rings (SSSR count). The largest absolute Gasteiger partial charge is 0.493 e.